The first-order valence-electron chi connectivity index (χ1n) is 7.55. The van der Waals surface area contributed by atoms with Crippen molar-refractivity contribution in [1.29, 1.82) is 0 Å². The lowest BCUT2D eigenvalue weighted by atomic mass is 10.1. The van der Waals surface area contributed by atoms with Crippen LogP contribution in [0.2, 0.25) is 0 Å². The highest BCUT2D eigenvalue weighted by molar-refractivity contribution is 5.83. The van der Waals surface area contributed by atoms with Crippen LogP contribution in [-0.4, -0.2) is 48.2 Å². The second kappa shape index (κ2) is 6.36. The van der Waals surface area contributed by atoms with Crippen LogP contribution in [0.4, 0.5) is 4.39 Å². The predicted molar refractivity (Wildman–Crippen MR) is 85.4 cm³/mol. The van der Waals surface area contributed by atoms with Crippen molar-refractivity contribution < 1.29 is 9.13 Å². The van der Waals surface area contributed by atoms with Gasteiger partial charge in [-0.05, 0) is 37.1 Å². The van der Waals surface area contributed by atoms with Gasteiger partial charge in [0.2, 0.25) is 0 Å². The SMILES string of the molecule is CC1CN(C(N)=NCCc2c[nH]c3cc(F)ccc23)CCO1. The topological polar surface area (TPSA) is 66.6 Å². The number of halogens is 1. The summed E-state index contributed by atoms with van der Waals surface area (Å²) >= 11 is 0. The molecule has 1 aliphatic heterocycles. The minimum Gasteiger partial charge on any atom is -0.375 e. The molecule has 1 atom stereocenters. The number of morpholine rings is 1. The van der Waals surface area contributed by atoms with E-state index in [1.165, 1.54) is 12.1 Å². The molecule has 118 valence electrons. The van der Waals surface area contributed by atoms with Gasteiger partial charge in [0.05, 0.1) is 12.7 Å². The Morgan fingerprint density at radius 3 is 3.23 bits per heavy atom. The van der Waals surface area contributed by atoms with Gasteiger partial charge in [-0.1, -0.05) is 0 Å². The maximum Gasteiger partial charge on any atom is 0.191 e. The zero-order valence-electron chi connectivity index (χ0n) is 12.7. The molecule has 1 fully saturated rings. The van der Waals surface area contributed by atoms with Crippen LogP contribution >= 0.6 is 0 Å². The molecule has 0 bridgehead atoms. The summed E-state index contributed by atoms with van der Waals surface area (Å²) in [4.78, 5) is 9.60. The lowest BCUT2D eigenvalue weighted by Gasteiger charge is -2.31. The molecule has 6 heteroatoms. The van der Waals surface area contributed by atoms with Crippen LogP contribution in [0.5, 0.6) is 0 Å². The normalized spacial score (nSPS) is 19.8. The fraction of sp³-hybridized carbons (Fsp3) is 0.438. The molecule has 0 radical (unpaired) electrons. The van der Waals surface area contributed by atoms with Crippen molar-refractivity contribution >= 4 is 16.9 Å². The summed E-state index contributed by atoms with van der Waals surface area (Å²) in [6.45, 7) is 4.89. The average molecular weight is 304 g/mol. The fourth-order valence-electron chi connectivity index (χ4n) is 2.78. The van der Waals surface area contributed by atoms with Crippen molar-refractivity contribution in [2.75, 3.05) is 26.2 Å². The molecule has 2 heterocycles. The van der Waals surface area contributed by atoms with Gasteiger partial charge in [-0.3, -0.25) is 4.99 Å². The standard InChI is InChI=1S/C16H21FN4O/c1-11-10-21(6-7-22-11)16(18)19-5-4-12-9-20-15-8-13(17)2-3-14(12)15/h2-3,8-9,11,20H,4-7,10H2,1H3,(H2,18,19). The molecular formula is C16H21FN4O. The van der Waals surface area contributed by atoms with E-state index < -0.39 is 0 Å². The smallest absolute Gasteiger partial charge is 0.191 e. The van der Waals surface area contributed by atoms with Crippen LogP contribution in [0.1, 0.15) is 12.5 Å². The first kappa shape index (κ1) is 14.8. The van der Waals surface area contributed by atoms with Gasteiger partial charge in [0.25, 0.3) is 0 Å². The molecular weight excluding hydrogens is 283 g/mol. The van der Waals surface area contributed by atoms with Crippen molar-refractivity contribution in [3.05, 3.63) is 35.8 Å². The van der Waals surface area contributed by atoms with Gasteiger partial charge >= 0.3 is 0 Å². The first-order valence-corrected chi connectivity index (χ1v) is 7.55. The predicted octanol–water partition coefficient (Wildman–Crippen LogP) is 1.88. The third kappa shape index (κ3) is 3.22. The summed E-state index contributed by atoms with van der Waals surface area (Å²) < 4.78 is 18.7. The first-order chi connectivity index (χ1) is 10.6. The summed E-state index contributed by atoms with van der Waals surface area (Å²) in [6, 6.07) is 4.78. The van der Waals surface area contributed by atoms with Gasteiger partial charge in [0, 0.05) is 36.7 Å². The summed E-state index contributed by atoms with van der Waals surface area (Å²) in [5.74, 6) is 0.339. The third-order valence-electron chi connectivity index (χ3n) is 3.95. The number of aliphatic imine (C=N–C) groups is 1. The van der Waals surface area contributed by atoms with E-state index in [2.05, 4.69) is 14.9 Å². The van der Waals surface area contributed by atoms with Gasteiger partial charge in [-0.15, -0.1) is 0 Å². The number of hydrogen-bond acceptors (Lipinski definition) is 2. The van der Waals surface area contributed by atoms with E-state index in [1.807, 2.05) is 13.1 Å². The lowest BCUT2D eigenvalue weighted by molar-refractivity contribution is 0.00530. The molecule has 1 unspecified atom stereocenters. The van der Waals surface area contributed by atoms with E-state index in [1.54, 1.807) is 6.07 Å². The third-order valence-corrected chi connectivity index (χ3v) is 3.95. The number of nitrogens with zero attached hydrogens (tertiary/aromatic N) is 2. The van der Waals surface area contributed by atoms with Crippen molar-refractivity contribution in [3.63, 3.8) is 0 Å². The molecule has 0 saturated carbocycles. The number of aromatic nitrogens is 1. The second-order valence-corrected chi connectivity index (χ2v) is 5.62. The van der Waals surface area contributed by atoms with Crippen LogP contribution in [0.25, 0.3) is 10.9 Å². The minimum atomic E-state index is -0.232. The molecule has 1 aliphatic rings. The number of guanidine groups is 1. The minimum absolute atomic E-state index is 0.186. The Morgan fingerprint density at radius 1 is 1.55 bits per heavy atom. The van der Waals surface area contributed by atoms with Gasteiger partial charge in [-0.25, -0.2) is 4.39 Å². The second-order valence-electron chi connectivity index (χ2n) is 5.62. The molecule has 0 amide bonds. The number of fused-ring (bicyclic) bond motifs is 1. The molecule has 0 spiro atoms. The number of H-pyrrole nitrogens is 1. The maximum atomic E-state index is 13.2. The van der Waals surface area contributed by atoms with E-state index in [0.29, 0.717) is 19.1 Å². The zero-order valence-corrected chi connectivity index (χ0v) is 12.7. The lowest BCUT2D eigenvalue weighted by Crippen LogP contribution is -2.47. The van der Waals surface area contributed by atoms with Gasteiger partial charge < -0.3 is 20.4 Å². The Kier molecular flexibility index (Phi) is 4.29. The Balaban J connectivity index is 1.62. The highest BCUT2D eigenvalue weighted by Gasteiger charge is 2.17. The monoisotopic (exact) mass is 304 g/mol. The van der Waals surface area contributed by atoms with E-state index in [9.17, 15) is 4.39 Å². The number of aromatic amines is 1. The number of rotatable bonds is 3. The summed E-state index contributed by atoms with van der Waals surface area (Å²) in [5.41, 5.74) is 7.99. The molecule has 1 saturated heterocycles. The van der Waals surface area contributed by atoms with Crippen LogP contribution in [-0.2, 0) is 11.2 Å². The molecule has 1 aromatic carbocycles. The number of nitrogens with two attached hydrogens (primary N) is 1. The van der Waals surface area contributed by atoms with Crippen molar-refractivity contribution in [1.82, 2.24) is 9.88 Å². The van der Waals surface area contributed by atoms with Gasteiger partial charge in [0.15, 0.2) is 5.96 Å². The molecule has 2 aromatic rings. The molecule has 3 rings (SSSR count). The molecule has 1 aromatic heterocycles. The molecule has 22 heavy (non-hydrogen) atoms. The van der Waals surface area contributed by atoms with Crippen molar-refractivity contribution in [3.8, 4) is 0 Å². The summed E-state index contributed by atoms with van der Waals surface area (Å²) in [6.07, 6.45) is 2.87. The van der Waals surface area contributed by atoms with Crippen molar-refractivity contribution in [2.24, 2.45) is 10.7 Å². The van der Waals surface area contributed by atoms with Crippen LogP contribution in [0.3, 0.4) is 0 Å². The Hall–Kier alpha value is -2.08. The maximum absolute atomic E-state index is 13.2. The van der Waals surface area contributed by atoms with E-state index in [0.717, 1.165) is 36.0 Å². The van der Waals surface area contributed by atoms with Crippen LogP contribution in [0.15, 0.2) is 29.4 Å². The molecule has 5 nitrogen and oxygen atoms in total. The highest BCUT2D eigenvalue weighted by Crippen LogP contribution is 2.19. The number of hydrogen-bond donors (Lipinski definition) is 2. The number of ether oxygens (including phenoxy) is 1. The van der Waals surface area contributed by atoms with E-state index in [4.69, 9.17) is 10.5 Å². The quantitative estimate of drug-likeness (QED) is 0.672. The number of nitrogens with one attached hydrogen (secondary N) is 1. The zero-order chi connectivity index (χ0) is 15.5. The number of benzene rings is 1. The summed E-state index contributed by atoms with van der Waals surface area (Å²) in [7, 11) is 0. The van der Waals surface area contributed by atoms with Crippen molar-refractivity contribution in [2.45, 2.75) is 19.4 Å². The van der Waals surface area contributed by atoms with E-state index in [-0.39, 0.29) is 11.9 Å². The average Bonchev–Trinajstić information content (AvgIpc) is 2.89. The highest BCUT2D eigenvalue weighted by atomic mass is 19.1. The Bertz CT molecular complexity index is 682. The summed E-state index contributed by atoms with van der Waals surface area (Å²) in [5, 5.41) is 1.04. The Labute approximate surface area is 129 Å². The van der Waals surface area contributed by atoms with Gasteiger partial charge in [0.1, 0.15) is 5.82 Å². The molecule has 3 N–H and O–H groups in total. The largest absolute Gasteiger partial charge is 0.375 e. The van der Waals surface area contributed by atoms with E-state index >= 15 is 0 Å². The molecule has 0 aliphatic carbocycles. The van der Waals surface area contributed by atoms with Gasteiger partial charge in [-0.2, -0.15) is 0 Å². The Morgan fingerprint density at radius 2 is 2.41 bits per heavy atom. The van der Waals surface area contributed by atoms with Crippen LogP contribution in [0, 0.1) is 5.82 Å². The fourth-order valence-corrected chi connectivity index (χ4v) is 2.78. The van der Waals surface area contributed by atoms with Crippen LogP contribution < -0.4 is 5.73 Å².